The van der Waals surface area contributed by atoms with E-state index in [0.29, 0.717) is 6.04 Å². The summed E-state index contributed by atoms with van der Waals surface area (Å²) in [5, 5.41) is 3.35. The second-order valence-electron chi connectivity index (χ2n) is 2.80. The van der Waals surface area contributed by atoms with Gasteiger partial charge in [0.05, 0.1) is 4.47 Å². The third-order valence-corrected chi connectivity index (χ3v) is 4.04. The van der Waals surface area contributed by atoms with Crippen molar-refractivity contribution < 1.29 is 0 Å². The van der Waals surface area contributed by atoms with Crippen molar-refractivity contribution in [1.82, 2.24) is 10.3 Å². The molecule has 1 aliphatic heterocycles. The van der Waals surface area contributed by atoms with Crippen molar-refractivity contribution in [2.24, 2.45) is 0 Å². The van der Waals surface area contributed by atoms with Crippen LogP contribution in [0.3, 0.4) is 0 Å². The minimum absolute atomic E-state index is 0.513. The van der Waals surface area contributed by atoms with Crippen molar-refractivity contribution in [3.63, 3.8) is 0 Å². The average molecular weight is 292 g/mol. The predicted molar refractivity (Wildman–Crippen MR) is 55.0 cm³/mol. The van der Waals surface area contributed by atoms with E-state index in [2.05, 4.69) is 42.2 Å². The van der Waals surface area contributed by atoms with E-state index in [-0.39, 0.29) is 0 Å². The molecule has 1 unspecified atom stereocenters. The molecule has 2 rings (SSSR count). The molecule has 0 amide bonds. The molecule has 2 heterocycles. The van der Waals surface area contributed by atoms with Crippen LogP contribution in [0.15, 0.2) is 21.3 Å². The van der Waals surface area contributed by atoms with Crippen molar-refractivity contribution in [3.8, 4) is 0 Å². The van der Waals surface area contributed by atoms with Crippen LogP contribution in [0, 0.1) is 0 Å². The molecule has 1 fully saturated rings. The number of halogens is 2. The summed E-state index contributed by atoms with van der Waals surface area (Å²) in [6.45, 7) is 1.12. The normalized spacial score (nSPS) is 22.0. The van der Waals surface area contributed by atoms with Crippen LogP contribution in [-0.4, -0.2) is 11.5 Å². The third-order valence-electron chi connectivity index (χ3n) is 2.08. The van der Waals surface area contributed by atoms with Gasteiger partial charge in [0.1, 0.15) is 4.60 Å². The van der Waals surface area contributed by atoms with E-state index in [1.807, 2.05) is 12.3 Å². The van der Waals surface area contributed by atoms with E-state index < -0.39 is 0 Å². The highest BCUT2D eigenvalue weighted by Gasteiger charge is 2.21. The van der Waals surface area contributed by atoms with Crippen LogP contribution in [0.4, 0.5) is 0 Å². The van der Waals surface area contributed by atoms with Crippen LogP contribution in [0.25, 0.3) is 0 Å². The molecule has 1 aliphatic rings. The van der Waals surface area contributed by atoms with Crippen LogP contribution in [0.5, 0.6) is 0 Å². The largest absolute Gasteiger partial charge is 0.310 e. The first kappa shape index (κ1) is 8.66. The molecule has 1 atom stereocenters. The van der Waals surface area contributed by atoms with Gasteiger partial charge in [-0.3, -0.25) is 0 Å². The molecule has 0 saturated carbocycles. The summed E-state index contributed by atoms with van der Waals surface area (Å²) in [5.41, 5.74) is 1.29. The molecule has 12 heavy (non-hydrogen) atoms. The minimum atomic E-state index is 0.513. The molecule has 0 spiro atoms. The zero-order chi connectivity index (χ0) is 8.55. The van der Waals surface area contributed by atoms with E-state index in [9.17, 15) is 0 Å². The summed E-state index contributed by atoms with van der Waals surface area (Å²) in [7, 11) is 0. The molecule has 2 nitrogen and oxygen atoms in total. The smallest absolute Gasteiger partial charge is 0.120 e. The molecule has 4 heteroatoms. The lowest BCUT2D eigenvalue weighted by Gasteiger charge is -2.28. The fraction of sp³-hybridized carbons (Fsp3) is 0.375. The van der Waals surface area contributed by atoms with Gasteiger partial charge in [-0.15, -0.1) is 0 Å². The topological polar surface area (TPSA) is 24.9 Å². The molecule has 1 saturated heterocycles. The van der Waals surface area contributed by atoms with Crippen molar-refractivity contribution in [3.05, 3.63) is 26.9 Å². The number of pyridine rings is 1. The van der Waals surface area contributed by atoms with E-state index in [4.69, 9.17) is 0 Å². The Kier molecular flexibility index (Phi) is 2.48. The van der Waals surface area contributed by atoms with Crippen molar-refractivity contribution >= 4 is 31.9 Å². The Bertz CT molecular complexity index is 297. The van der Waals surface area contributed by atoms with Crippen LogP contribution in [0.2, 0.25) is 0 Å². The van der Waals surface area contributed by atoms with E-state index in [0.717, 1.165) is 15.6 Å². The lowest BCUT2D eigenvalue weighted by Crippen LogP contribution is -2.35. The molecule has 64 valence electrons. The Balaban J connectivity index is 2.36. The lowest BCUT2D eigenvalue weighted by atomic mass is 9.99. The minimum Gasteiger partial charge on any atom is -0.310 e. The third kappa shape index (κ3) is 1.43. The van der Waals surface area contributed by atoms with Gasteiger partial charge in [0.25, 0.3) is 0 Å². The Morgan fingerprint density at radius 3 is 2.83 bits per heavy atom. The number of nitrogens with one attached hydrogen (secondary N) is 1. The van der Waals surface area contributed by atoms with Gasteiger partial charge >= 0.3 is 0 Å². The maximum atomic E-state index is 4.12. The molecule has 1 N–H and O–H groups in total. The van der Waals surface area contributed by atoms with Gasteiger partial charge in [-0.25, -0.2) is 4.98 Å². The van der Waals surface area contributed by atoms with E-state index in [1.165, 1.54) is 12.0 Å². The summed E-state index contributed by atoms with van der Waals surface area (Å²) < 4.78 is 1.95. The second-order valence-corrected chi connectivity index (χ2v) is 4.34. The van der Waals surface area contributed by atoms with Gasteiger partial charge < -0.3 is 5.32 Å². The van der Waals surface area contributed by atoms with Crippen LogP contribution < -0.4 is 5.32 Å². The quantitative estimate of drug-likeness (QED) is 0.805. The monoisotopic (exact) mass is 290 g/mol. The SMILES string of the molecule is Brc1nccc(C2CCN2)c1Br. The van der Waals surface area contributed by atoms with Gasteiger partial charge in [0, 0.05) is 12.2 Å². The number of nitrogens with zero attached hydrogens (tertiary/aromatic N) is 1. The Hall–Kier alpha value is 0.0700. The maximum Gasteiger partial charge on any atom is 0.120 e. The first-order valence-corrected chi connectivity index (χ1v) is 5.41. The first-order chi connectivity index (χ1) is 5.79. The van der Waals surface area contributed by atoms with Crippen molar-refractivity contribution in [1.29, 1.82) is 0 Å². The summed E-state index contributed by atoms with van der Waals surface area (Å²) in [6, 6.07) is 2.56. The molecule has 0 aromatic carbocycles. The predicted octanol–water partition coefficient (Wildman–Crippen LogP) is 2.64. The van der Waals surface area contributed by atoms with Gasteiger partial charge in [-0.2, -0.15) is 0 Å². The number of hydrogen-bond acceptors (Lipinski definition) is 2. The Labute approximate surface area is 88.0 Å². The average Bonchev–Trinajstić information content (AvgIpc) is 1.95. The fourth-order valence-electron chi connectivity index (χ4n) is 1.26. The highest BCUT2D eigenvalue weighted by molar-refractivity contribution is 9.13. The van der Waals surface area contributed by atoms with Gasteiger partial charge in [-0.05, 0) is 56.5 Å². The summed E-state index contributed by atoms with van der Waals surface area (Å²) in [5.74, 6) is 0. The Morgan fingerprint density at radius 2 is 2.25 bits per heavy atom. The van der Waals surface area contributed by atoms with Crippen molar-refractivity contribution in [2.45, 2.75) is 12.5 Å². The number of aromatic nitrogens is 1. The van der Waals surface area contributed by atoms with Crippen LogP contribution >= 0.6 is 31.9 Å². The molecular weight excluding hydrogens is 284 g/mol. The Morgan fingerprint density at radius 1 is 1.50 bits per heavy atom. The summed E-state index contributed by atoms with van der Waals surface area (Å²) in [4.78, 5) is 4.12. The highest BCUT2D eigenvalue weighted by Crippen LogP contribution is 2.32. The van der Waals surface area contributed by atoms with Crippen LogP contribution in [0.1, 0.15) is 18.0 Å². The zero-order valence-corrected chi connectivity index (χ0v) is 9.52. The fourth-order valence-corrected chi connectivity index (χ4v) is 2.11. The molecule has 0 aliphatic carbocycles. The van der Waals surface area contributed by atoms with E-state index in [1.54, 1.807) is 0 Å². The highest BCUT2D eigenvalue weighted by atomic mass is 79.9. The number of rotatable bonds is 1. The second kappa shape index (κ2) is 3.44. The van der Waals surface area contributed by atoms with Gasteiger partial charge in [0.15, 0.2) is 0 Å². The molecule has 1 aromatic heterocycles. The molecule has 0 bridgehead atoms. The molecule has 0 radical (unpaired) electrons. The molecule has 1 aromatic rings. The standard InChI is InChI=1S/C8H8Br2N2/c9-7-5(6-2-4-11-6)1-3-12-8(7)10/h1,3,6,11H,2,4H2. The van der Waals surface area contributed by atoms with Crippen molar-refractivity contribution in [2.75, 3.05) is 6.54 Å². The van der Waals surface area contributed by atoms with Gasteiger partial charge in [-0.1, -0.05) is 0 Å². The molecular formula is C8H8Br2N2. The number of hydrogen-bond donors (Lipinski definition) is 1. The maximum absolute atomic E-state index is 4.12. The zero-order valence-electron chi connectivity index (χ0n) is 6.35. The van der Waals surface area contributed by atoms with Crippen LogP contribution in [-0.2, 0) is 0 Å². The summed E-state index contributed by atoms with van der Waals surface area (Å²) >= 11 is 6.89. The lowest BCUT2D eigenvalue weighted by molar-refractivity contribution is 0.381. The van der Waals surface area contributed by atoms with E-state index >= 15 is 0 Å². The summed E-state index contributed by atoms with van der Waals surface area (Å²) in [6.07, 6.45) is 3.04. The van der Waals surface area contributed by atoms with Gasteiger partial charge in [0.2, 0.25) is 0 Å². The first-order valence-electron chi connectivity index (χ1n) is 3.82.